The normalized spacial score (nSPS) is 34.7. The molecule has 16 heteroatoms. The largest absolute Gasteiger partial charge is 0.456 e. The molecule has 0 aromatic rings. The molecule has 4 unspecified atom stereocenters. The molecule has 0 aromatic carbocycles. The van der Waals surface area contributed by atoms with Gasteiger partial charge >= 0.3 is 18.3 Å². The van der Waals surface area contributed by atoms with Crippen molar-refractivity contribution in [3.63, 3.8) is 0 Å². The van der Waals surface area contributed by atoms with Gasteiger partial charge in [0.05, 0.1) is 24.3 Å². The number of nitrogens with zero attached hydrogens (tertiary/aromatic N) is 3. The second-order valence-corrected chi connectivity index (χ2v) is 9.13. The van der Waals surface area contributed by atoms with Gasteiger partial charge in [-0.1, -0.05) is 6.92 Å². The topological polar surface area (TPSA) is 148 Å². The van der Waals surface area contributed by atoms with Gasteiger partial charge < -0.3 is 25.8 Å². The third-order valence-corrected chi connectivity index (χ3v) is 7.31. The molecule has 6 N–H and O–H groups in total. The highest BCUT2D eigenvalue weighted by molar-refractivity contribution is 5.94. The number of aliphatic hydroxyl groups is 1. The molecule has 36 heavy (non-hydrogen) atoms. The molecule has 10 nitrogen and oxygen atoms in total. The van der Waals surface area contributed by atoms with E-state index in [1.807, 2.05) is 0 Å². The fourth-order valence-electron chi connectivity index (χ4n) is 5.75. The molecule has 2 saturated heterocycles. The van der Waals surface area contributed by atoms with Crippen molar-refractivity contribution in [2.45, 2.75) is 68.9 Å². The predicted octanol–water partition coefficient (Wildman–Crippen LogP) is 1.36. The van der Waals surface area contributed by atoms with Crippen LogP contribution in [-0.2, 0) is 9.53 Å². The smallest absolute Gasteiger partial charge is 0.413 e. The zero-order valence-electron chi connectivity index (χ0n) is 19.0. The molecule has 1 aliphatic carbocycles. The van der Waals surface area contributed by atoms with Crippen LogP contribution in [0.25, 0.3) is 0 Å². The summed E-state index contributed by atoms with van der Waals surface area (Å²) in [6.07, 6.45) is -13.1. The Bertz CT molecular complexity index is 1070. The minimum absolute atomic E-state index is 0.163. The average molecular weight is 526 g/mol. The zero-order valence-corrected chi connectivity index (χ0v) is 19.0. The average Bonchev–Trinajstić information content (AvgIpc) is 3.17. The summed E-state index contributed by atoms with van der Waals surface area (Å²) in [6, 6.07) is -2.80. The van der Waals surface area contributed by atoms with E-state index >= 15 is 0 Å². The second-order valence-electron chi connectivity index (χ2n) is 9.13. The first-order chi connectivity index (χ1) is 16.6. The summed E-state index contributed by atoms with van der Waals surface area (Å²) < 4.78 is 85.8. The van der Waals surface area contributed by atoms with E-state index in [9.17, 15) is 41.5 Å². The number of hydrogen-bond acceptors (Lipinski definition) is 8. The fourth-order valence-corrected chi connectivity index (χ4v) is 5.75. The first-order valence-corrected chi connectivity index (χ1v) is 10.9. The van der Waals surface area contributed by atoms with Crippen LogP contribution in [-0.4, -0.2) is 87.0 Å². The van der Waals surface area contributed by atoms with Crippen molar-refractivity contribution in [1.29, 1.82) is 5.41 Å². The number of carbonyl (C=O) groups is 1. The maximum Gasteiger partial charge on any atom is 0.413 e. The summed E-state index contributed by atoms with van der Waals surface area (Å²) in [6.45, 7) is 2.43. The van der Waals surface area contributed by atoms with Crippen LogP contribution in [0.15, 0.2) is 27.8 Å². The van der Waals surface area contributed by atoms with Gasteiger partial charge in [0, 0.05) is 17.1 Å². The Hall–Kier alpha value is -3.01. The molecule has 3 aliphatic heterocycles. The Labute approximate surface area is 200 Å². The van der Waals surface area contributed by atoms with Crippen molar-refractivity contribution in [2.24, 2.45) is 16.6 Å². The molecule has 0 amide bonds. The van der Waals surface area contributed by atoms with Gasteiger partial charge in [-0.15, -0.1) is 0 Å². The number of hydrogen-bond donors (Lipinski definition) is 5. The number of rotatable bonds is 3. The summed E-state index contributed by atoms with van der Waals surface area (Å²) in [5.74, 6) is -3.24. The van der Waals surface area contributed by atoms with Crippen LogP contribution in [0.4, 0.5) is 26.3 Å². The van der Waals surface area contributed by atoms with Crippen LogP contribution in [0.3, 0.4) is 0 Å². The predicted molar refractivity (Wildman–Crippen MR) is 110 cm³/mol. The number of halogens is 6. The van der Waals surface area contributed by atoms with Crippen LogP contribution in [0, 0.1) is 11.3 Å². The van der Waals surface area contributed by atoms with E-state index in [0.717, 1.165) is 0 Å². The molecule has 0 aromatic heterocycles. The van der Waals surface area contributed by atoms with Crippen LogP contribution in [0.5, 0.6) is 0 Å². The fraction of sp³-hybridized carbons (Fsp3) is 0.650. The third kappa shape index (κ3) is 3.60. The SMILES string of the molecule is CC1[C@@H](OC(=O)C2=C(C(F)(F)F)CCC(C(F)(F)F)=C2)[C@H](C)N2C(N)=NC(CO)C3NC(=N)N(O)C312. The number of esters is 1. The van der Waals surface area contributed by atoms with Crippen LogP contribution < -0.4 is 11.1 Å². The molecule has 4 aliphatic rings. The van der Waals surface area contributed by atoms with Crippen molar-refractivity contribution < 1.29 is 46.2 Å². The molecule has 4 rings (SSSR count). The van der Waals surface area contributed by atoms with E-state index in [2.05, 4.69) is 10.3 Å². The number of carbonyl (C=O) groups excluding carboxylic acids is 1. The van der Waals surface area contributed by atoms with Gasteiger partial charge in [-0.05, 0) is 25.8 Å². The number of guanidine groups is 2. The van der Waals surface area contributed by atoms with Gasteiger partial charge in [-0.25, -0.2) is 9.79 Å². The molecule has 3 heterocycles. The highest BCUT2D eigenvalue weighted by Crippen LogP contribution is 2.50. The van der Waals surface area contributed by atoms with Gasteiger partial charge in [-0.3, -0.25) is 10.6 Å². The molecule has 200 valence electrons. The zero-order chi connectivity index (χ0) is 27.0. The maximum absolute atomic E-state index is 13.6. The Morgan fingerprint density at radius 2 is 1.92 bits per heavy atom. The molecule has 1 spiro atoms. The minimum atomic E-state index is -5.06. The molecular weight excluding hydrogens is 502 g/mol. The molecule has 2 fully saturated rings. The molecule has 0 radical (unpaired) electrons. The summed E-state index contributed by atoms with van der Waals surface area (Å²) in [5, 5.41) is 31.9. The van der Waals surface area contributed by atoms with Crippen molar-refractivity contribution in [3.8, 4) is 0 Å². The number of aliphatic hydroxyl groups excluding tert-OH is 1. The van der Waals surface area contributed by atoms with Gasteiger partial charge in [0.15, 0.2) is 11.6 Å². The van der Waals surface area contributed by atoms with Gasteiger partial charge in [0.25, 0.3) is 0 Å². The van der Waals surface area contributed by atoms with Crippen molar-refractivity contribution >= 4 is 17.9 Å². The molecule has 0 saturated carbocycles. The Morgan fingerprint density at radius 3 is 2.47 bits per heavy atom. The van der Waals surface area contributed by atoms with Gasteiger partial charge in [0.1, 0.15) is 12.1 Å². The van der Waals surface area contributed by atoms with Gasteiger partial charge in [0.2, 0.25) is 5.96 Å². The number of nitrogens with two attached hydrogens (primary N) is 1. The first-order valence-electron chi connectivity index (χ1n) is 10.9. The number of nitrogens with one attached hydrogen (secondary N) is 2. The van der Waals surface area contributed by atoms with Crippen LogP contribution >= 0.6 is 0 Å². The monoisotopic (exact) mass is 526 g/mol. The summed E-state index contributed by atoms with van der Waals surface area (Å²) in [7, 11) is 0. The van der Waals surface area contributed by atoms with E-state index in [0.29, 0.717) is 5.06 Å². The molecular formula is C20H24F6N6O4. The molecule has 0 bridgehead atoms. The van der Waals surface area contributed by atoms with Crippen LogP contribution in [0.1, 0.15) is 26.7 Å². The van der Waals surface area contributed by atoms with E-state index in [4.69, 9.17) is 15.9 Å². The Balaban J connectivity index is 1.74. The minimum Gasteiger partial charge on any atom is -0.456 e. The van der Waals surface area contributed by atoms with Crippen molar-refractivity contribution in [3.05, 3.63) is 22.8 Å². The number of alkyl halides is 6. The lowest BCUT2D eigenvalue weighted by atomic mass is 9.83. The number of allylic oxidation sites excluding steroid dienone is 2. The third-order valence-electron chi connectivity index (χ3n) is 7.31. The Morgan fingerprint density at radius 1 is 1.28 bits per heavy atom. The lowest BCUT2D eigenvalue weighted by Crippen LogP contribution is -2.71. The highest BCUT2D eigenvalue weighted by Gasteiger charge is 2.71. The first kappa shape index (κ1) is 26.1. The number of aliphatic imine (C=N–C) groups is 1. The van der Waals surface area contributed by atoms with Gasteiger partial charge in [-0.2, -0.15) is 31.4 Å². The lowest BCUT2D eigenvalue weighted by molar-refractivity contribution is -0.172. The van der Waals surface area contributed by atoms with E-state index in [-0.39, 0.29) is 12.0 Å². The van der Waals surface area contributed by atoms with Crippen molar-refractivity contribution in [2.75, 3.05) is 6.61 Å². The molecule has 6 atom stereocenters. The Kier molecular flexibility index (Phi) is 5.98. The standard InChI is InChI=1S/C20H24F6N6O4/c1-7-13(36-15(34)10-5-9(19(21,22)23)3-4-11(10)20(24,25)26)8(2)31-16(27)29-12(6-33)14-18(7,31)32(35)17(28)30-14/h5,7-8,12-14,33,35H,3-4,6H2,1-2H3,(H2,27,29)(H2,28,30)/t7?,8-,12?,13+,14?,18?/m0/s1. The number of hydroxylamine groups is 2. The second kappa shape index (κ2) is 8.26. The lowest BCUT2D eigenvalue weighted by Gasteiger charge is -2.49. The van der Waals surface area contributed by atoms with Crippen molar-refractivity contribution in [1.82, 2.24) is 15.3 Å². The number of ether oxygens (including phenoxy) is 1. The van der Waals surface area contributed by atoms with E-state index in [1.165, 1.54) is 18.7 Å². The van der Waals surface area contributed by atoms with Crippen LogP contribution in [0.2, 0.25) is 0 Å². The summed E-state index contributed by atoms with van der Waals surface area (Å²) >= 11 is 0. The quantitative estimate of drug-likeness (QED) is 0.274. The maximum atomic E-state index is 13.6. The van der Waals surface area contributed by atoms with E-state index in [1.54, 1.807) is 0 Å². The highest BCUT2D eigenvalue weighted by atomic mass is 19.4. The summed E-state index contributed by atoms with van der Waals surface area (Å²) in [5.41, 5.74) is 0.490. The summed E-state index contributed by atoms with van der Waals surface area (Å²) in [4.78, 5) is 18.5. The van der Waals surface area contributed by atoms with E-state index < -0.39 is 96.3 Å².